The third-order valence-electron chi connectivity index (χ3n) is 5.27. The van der Waals surface area contributed by atoms with Crippen molar-refractivity contribution in [1.82, 2.24) is 15.3 Å². The van der Waals surface area contributed by atoms with Gasteiger partial charge in [0.15, 0.2) is 0 Å². The van der Waals surface area contributed by atoms with E-state index in [9.17, 15) is 9.18 Å². The van der Waals surface area contributed by atoms with Gasteiger partial charge in [-0.2, -0.15) is 5.26 Å². The number of halogens is 1. The van der Waals surface area contributed by atoms with Crippen molar-refractivity contribution in [1.29, 1.82) is 5.26 Å². The van der Waals surface area contributed by atoms with Gasteiger partial charge in [-0.1, -0.05) is 24.3 Å². The second kappa shape index (κ2) is 8.89. The molecule has 30 heavy (non-hydrogen) atoms. The van der Waals surface area contributed by atoms with Crippen molar-refractivity contribution in [3.63, 3.8) is 0 Å². The molecule has 4 rings (SSSR count). The molecule has 2 aromatic carbocycles. The average molecular weight is 403 g/mol. The van der Waals surface area contributed by atoms with Crippen LogP contribution in [0.5, 0.6) is 0 Å². The molecule has 1 amide bonds. The number of H-pyrrole nitrogens is 1. The second-order valence-corrected chi connectivity index (χ2v) is 7.33. The molecule has 1 aliphatic rings. The number of carbonyl (C=O) groups excluding carboxylic acids is 1. The number of carbonyl (C=O) groups is 1. The predicted octanol–water partition coefficient (Wildman–Crippen LogP) is 2.95. The Kier molecular flexibility index (Phi) is 5.87. The van der Waals surface area contributed by atoms with Gasteiger partial charge in [-0.3, -0.25) is 4.79 Å². The first-order valence-electron chi connectivity index (χ1n) is 9.95. The van der Waals surface area contributed by atoms with E-state index in [1.807, 2.05) is 41.3 Å². The van der Waals surface area contributed by atoms with Gasteiger partial charge in [0, 0.05) is 43.5 Å². The zero-order valence-electron chi connectivity index (χ0n) is 16.4. The number of para-hydroxylation sites is 1. The summed E-state index contributed by atoms with van der Waals surface area (Å²) in [5.74, 6) is 0.326. The predicted molar refractivity (Wildman–Crippen MR) is 111 cm³/mol. The molecule has 0 unspecified atom stereocenters. The Morgan fingerprint density at radius 3 is 2.87 bits per heavy atom. The fraction of sp³-hybridized carbons (Fsp3) is 0.261. The van der Waals surface area contributed by atoms with Crippen LogP contribution < -0.4 is 10.2 Å². The van der Waals surface area contributed by atoms with Crippen LogP contribution in [-0.2, 0) is 17.6 Å². The van der Waals surface area contributed by atoms with Crippen LogP contribution in [0.2, 0.25) is 0 Å². The molecular weight excluding hydrogens is 381 g/mol. The first-order chi connectivity index (χ1) is 14.6. The molecule has 0 bridgehead atoms. The topological polar surface area (TPSA) is 84.8 Å². The van der Waals surface area contributed by atoms with Gasteiger partial charge in [0.25, 0.3) is 0 Å². The molecule has 0 spiro atoms. The zero-order chi connectivity index (χ0) is 20.9. The summed E-state index contributed by atoms with van der Waals surface area (Å²) in [6, 6.07) is 15.9. The van der Waals surface area contributed by atoms with Crippen molar-refractivity contribution in [2.75, 3.05) is 18.0 Å². The monoisotopic (exact) mass is 403 g/mol. The second-order valence-electron chi connectivity index (χ2n) is 7.33. The molecule has 3 aromatic rings. The smallest absolute Gasteiger partial charge is 0.244 e. The maximum absolute atomic E-state index is 13.7. The van der Waals surface area contributed by atoms with E-state index >= 15 is 0 Å². The lowest BCUT2D eigenvalue weighted by atomic mass is 10.1. The fourth-order valence-corrected chi connectivity index (χ4v) is 3.69. The summed E-state index contributed by atoms with van der Waals surface area (Å²) in [7, 11) is 0. The van der Waals surface area contributed by atoms with Crippen LogP contribution in [0.1, 0.15) is 29.1 Å². The maximum atomic E-state index is 13.7. The van der Waals surface area contributed by atoms with Crippen molar-refractivity contribution in [2.45, 2.75) is 25.3 Å². The van der Waals surface area contributed by atoms with E-state index in [1.54, 1.807) is 12.3 Å². The van der Waals surface area contributed by atoms with Crippen LogP contribution >= 0.6 is 0 Å². The third-order valence-corrected chi connectivity index (χ3v) is 5.27. The van der Waals surface area contributed by atoms with Gasteiger partial charge < -0.3 is 15.2 Å². The van der Waals surface area contributed by atoms with E-state index in [0.29, 0.717) is 19.4 Å². The van der Waals surface area contributed by atoms with Crippen LogP contribution in [0.15, 0.2) is 54.7 Å². The first kappa shape index (κ1) is 19.8. The molecule has 1 fully saturated rings. The van der Waals surface area contributed by atoms with Crippen molar-refractivity contribution >= 4 is 11.6 Å². The number of aromatic amines is 1. The highest BCUT2D eigenvalue weighted by molar-refractivity contribution is 5.99. The van der Waals surface area contributed by atoms with Gasteiger partial charge >= 0.3 is 0 Å². The fourth-order valence-electron chi connectivity index (χ4n) is 3.69. The molecule has 152 valence electrons. The highest BCUT2D eigenvalue weighted by Gasteiger charge is 2.31. The van der Waals surface area contributed by atoms with Crippen LogP contribution in [0, 0.1) is 17.1 Å². The lowest BCUT2D eigenvalue weighted by molar-refractivity contribution is -0.118. The van der Waals surface area contributed by atoms with Crippen LogP contribution in [0.3, 0.4) is 0 Å². The summed E-state index contributed by atoms with van der Waals surface area (Å²) in [5.41, 5.74) is 2.68. The Balaban J connectivity index is 1.27. The molecular formula is C23H22FN5O. The summed E-state index contributed by atoms with van der Waals surface area (Å²) >= 11 is 0. The number of nitrogens with zero attached hydrogens (tertiary/aromatic N) is 3. The summed E-state index contributed by atoms with van der Waals surface area (Å²) < 4.78 is 13.7. The normalized spacial score (nSPS) is 16.1. The summed E-state index contributed by atoms with van der Waals surface area (Å²) in [6.07, 6.45) is 3.73. The molecule has 6 nitrogen and oxygen atoms in total. The molecule has 1 atom stereocenters. The van der Waals surface area contributed by atoms with E-state index in [1.165, 1.54) is 12.1 Å². The molecule has 1 aromatic heterocycles. The van der Waals surface area contributed by atoms with Crippen molar-refractivity contribution in [3.05, 3.63) is 83.2 Å². The molecule has 0 saturated carbocycles. The van der Waals surface area contributed by atoms with Crippen LogP contribution in [0.25, 0.3) is 0 Å². The third kappa shape index (κ3) is 4.39. The lowest BCUT2D eigenvalue weighted by Crippen LogP contribution is -2.39. The Bertz CT molecular complexity index is 1070. The maximum Gasteiger partial charge on any atom is 0.244 e. The molecule has 2 N–H and O–H groups in total. The zero-order valence-corrected chi connectivity index (χ0v) is 16.4. The quantitative estimate of drug-likeness (QED) is 0.635. The molecule has 0 radical (unpaired) electrons. The minimum absolute atomic E-state index is 0.0391. The van der Waals surface area contributed by atoms with Crippen molar-refractivity contribution < 1.29 is 9.18 Å². The number of imidazole rings is 1. The average Bonchev–Trinajstić information content (AvgIpc) is 3.35. The minimum atomic E-state index is -0.517. The summed E-state index contributed by atoms with van der Waals surface area (Å²) in [5, 5.41) is 12.2. The SMILES string of the molecule is N#Cc1ccc(Cc2ncc(CCN[C@H]3CCN(c4ccccc4)C3=O)[nH]2)cc1F. The van der Waals surface area contributed by atoms with Crippen molar-refractivity contribution in [2.24, 2.45) is 0 Å². The number of hydrogen-bond donors (Lipinski definition) is 2. The van der Waals surface area contributed by atoms with Crippen LogP contribution in [-0.4, -0.2) is 35.0 Å². The number of hydrogen-bond acceptors (Lipinski definition) is 4. The Hall–Kier alpha value is -3.50. The highest BCUT2D eigenvalue weighted by Crippen LogP contribution is 2.21. The van der Waals surface area contributed by atoms with E-state index in [-0.39, 0.29) is 17.5 Å². The number of nitrogens with one attached hydrogen (secondary N) is 2. The number of anilines is 1. The van der Waals surface area contributed by atoms with Gasteiger partial charge in [-0.05, 0) is 36.2 Å². The molecule has 1 aliphatic heterocycles. The first-order valence-corrected chi connectivity index (χ1v) is 9.95. The number of nitriles is 1. The van der Waals surface area contributed by atoms with E-state index in [0.717, 1.165) is 35.7 Å². The molecule has 1 saturated heterocycles. The van der Waals surface area contributed by atoms with Gasteiger partial charge in [0.2, 0.25) is 5.91 Å². The van der Waals surface area contributed by atoms with Gasteiger partial charge in [-0.25, -0.2) is 9.37 Å². The molecule has 7 heteroatoms. The van der Waals surface area contributed by atoms with E-state index in [2.05, 4.69) is 15.3 Å². The number of aromatic nitrogens is 2. The lowest BCUT2D eigenvalue weighted by Gasteiger charge is -2.17. The Morgan fingerprint density at radius 1 is 1.27 bits per heavy atom. The largest absolute Gasteiger partial charge is 0.346 e. The van der Waals surface area contributed by atoms with Gasteiger partial charge in [-0.15, -0.1) is 0 Å². The number of rotatable bonds is 7. The standard InChI is InChI=1S/C23H22FN5O/c24-20-12-16(6-7-17(20)14-25)13-22-27-15-18(28-22)8-10-26-21-9-11-29(23(21)30)19-4-2-1-3-5-19/h1-7,12,15,21,26H,8-11,13H2,(H,27,28)/t21-/m0/s1. The summed E-state index contributed by atoms with van der Waals surface area (Å²) in [4.78, 5) is 22.0. The van der Waals surface area contributed by atoms with Gasteiger partial charge in [0.1, 0.15) is 17.7 Å². The number of amides is 1. The molecule has 0 aliphatic carbocycles. The molecule has 2 heterocycles. The Morgan fingerprint density at radius 2 is 2.10 bits per heavy atom. The van der Waals surface area contributed by atoms with Crippen molar-refractivity contribution in [3.8, 4) is 6.07 Å². The van der Waals surface area contributed by atoms with E-state index < -0.39 is 5.82 Å². The van der Waals surface area contributed by atoms with E-state index in [4.69, 9.17) is 5.26 Å². The summed E-state index contributed by atoms with van der Waals surface area (Å²) in [6.45, 7) is 1.38. The minimum Gasteiger partial charge on any atom is -0.346 e. The Labute approximate surface area is 174 Å². The highest BCUT2D eigenvalue weighted by atomic mass is 19.1. The van der Waals surface area contributed by atoms with Gasteiger partial charge in [0.05, 0.1) is 11.6 Å². The number of benzene rings is 2. The van der Waals surface area contributed by atoms with Crippen LogP contribution in [0.4, 0.5) is 10.1 Å².